The molecule has 2 aliphatic rings. The molecule has 0 spiro atoms. The molecule has 5 rings (SSSR count). The molecule has 0 aliphatic carbocycles. The zero-order valence-electron chi connectivity index (χ0n) is 17.0. The van der Waals surface area contributed by atoms with Crippen LogP contribution in [0.1, 0.15) is 30.0 Å². The number of H-pyrrole nitrogens is 1. The van der Waals surface area contributed by atoms with E-state index in [-0.39, 0.29) is 11.9 Å². The van der Waals surface area contributed by atoms with Crippen molar-refractivity contribution in [1.29, 1.82) is 0 Å². The second kappa shape index (κ2) is 8.40. The summed E-state index contributed by atoms with van der Waals surface area (Å²) in [6.45, 7) is 3.19. The third-order valence-electron chi connectivity index (χ3n) is 6.05. The van der Waals surface area contributed by atoms with Gasteiger partial charge in [-0.25, -0.2) is 0 Å². The number of carbonyl (C=O) groups is 1. The van der Waals surface area contributed by atoms with Crippen molar-refractivity contribution in [2.24, 2.45) is 0 Å². The normalized spacial score (nSPS) is 18.6. The maximum absolute atomic E-state index is 12.6. The van der Waals surface area contributed by atoms with Gasteiger partial charge in [-0.2, -0.15) is 0 Å². The molecule has 156 valence electrons. The predicted molar refractivity (Wildman–Crippen MR) is 116 cm³/mol. The van der Waals surface area contributed by atoms with Crippen LogP contribution in [-0.4, -0.2) is 48.6 Å². The number of ether oxygens (including phenoxy) is 2. The monoisotopic (exact) mass is 405 g/mol. The summed E-state index contributed by atoms with van der Waals surface area (Å²) in [4.78, 5) is 18.2. The molecule has 3 heterocycles. The lowest BCUT2D eigenvalue weighted by Gasteiger charge is -2.26. The highest BCUT2D eigenvalue weighted by Gasteiger charge is 2.28. The lowest BCUT2D eigenvalue weighted by molar-refractivity contribution is -0.122. The van der Waals surface area contributed by atoms with E-state index in [0.29, 0.717) is 26.3 Å². The molecule has 1 saturated heterocycles. The Morgan fingerprint density at radius 1 is 1.13 bits per heavy atom. The molecule has 2 aliphatic heterocycles. The van der Waals surface area contributed by atoms with Crippen molar-refractivity contribution in [2.75, 3.05) is 32.8 Å². The molecule has 1 amide bonds. The van der Waals surface area contributed by atoms with E-state index < -0.39 is 0 Å². The number of nitrogens with zero attached hydrogens (tertiary/aromatic N) is 1. The predicted octanol–water partition coefficient (Wildman–Crippen LogP) is 3.43. The van der Waals surface area contributed by atoms with E-state index in [4.69, 9.17) is 9.47 Å². The fourth-order valence-electron chi connectivity index (χ4n) is 4.58. The first kappa shape index (κ1) is 19.0. The van der Waals surface area contributed by atoms with Gasteiger partial charge < -0.3 is 19.8 Å². The van der Waals surface area contributed by atoms with Crippen molar-refractivity contribution < 1.29 is 14.3 Å². The number of carbonyl (C=O) groups excluding carboxylic acids is 1. The van der Waals surface area contributed by atoms with Gasteiger partial charge in [0.15, 0.2) is 11.5 Å². The van der Waals surface area contributed by atoms with Crippen molar-refractivity contribution in [2.45, 2.75) is 25.3 Å². The highest BCUT2D eigenvalue weighted by atomic mass is 16.6. The van der Waals surface area contributed by atoms with E-state index in [1.807, 2.05) is 24.4 Å². The average molecular weight is 405 g/mol. The molecule has 0 bridgehead atoms. The molecule has 1 atom stereocenters. The van der Waals surface area contributed by atoms with E-state index in [0.717, 1.165) is 42.8 Å². The van der Waals surface area contributed by atoms with Gasteiger partial charge in [0.2, 0.25) is 5.91 Å². The minimum Gasteiger partial charge on any atom is -0.486 e. The molecule has 2 N–H and O–H groups in total. The highest BCUT2D eigenvalue weighted by Crippen LogP contribution is 2.37. The minimum absolute atomic E-state index is 0.0827. The Labute approximate surface area is 176 Å². The van der Waals surface area contributed by atoms with Crippen LogP contribution < -0.4 is 14.8 Å². The van der Waals surface area contributed by atoms with Crippen LogP contribution in [0.5, 0.6) is 11.5 Å². The number of amides is 1. The fraction of sp³-hybridized carbons (Fsp3) is 0.375. The van der Waals surface area contributed by atoms with Gasteiger partial charge in [0, 0.05) is 29.7 Å². The maximum atomic E-state index is 12.6. The number of hydrogen-bond acceptors (Lipinski definition) is 4. The maximum Gasteiger partial charge on any atom is 0.234 e. The van der Waals surface area contributed by atoms with Crippen molar-refractivity contribution in [3.8, 4) is 11.5 Å². The average Bonchev–Trinajstić information content (AvgIpc) is 3.41. The molecule has 0 saturated carbocycles. The lowest BCUT2D eigenvalue weighted by atomic mass is 10.0. The number of fused-ring (bicyclic) bond motifs is 2. The number of hydrogen-bond donors (Lipinski definition) is 2. The van der Waals surface area contributed by atoms with Crippen molar-refractivity contribution in [3.05, 3.63) is 59.8 Å². The largest absolute Gasteiger partial charge is 0.486 e. The van der Waals surface area contributed by atoms with E-state index in [1.165, 1.54) is 16.5 Å². The minimum atomic E-state index is 0.0827. The lowest BCUT2D eigenvalue weighted by Crippen LogP contribution is -2.37. The van der Waals surface area contributed by atoms with Gasteiger partial charge in [-0.05, 0) is 55.1 Å². The summed E-state index contributed by atoms with van der Waals surface area (Å²) in [6.07, 6.45) is 5.01. The van der Waals surface area contributed by atoms with Crippen molar-refractivity contribution >= 4 is 16.8 Å². The molecule has 3 aromatic rings. The van der Waals surface area contributed by atoms with Crippen molar-refractivity contribution in [1.82, 2.24) is 15.2 Å². The fourth-order valence-corrected chi connectivity index (χ4v) is 4.58. The van der Waals surface area contributed by atoms with Gasteiger partial charge in [-0.3, -0.25) is 9.69 Å². The number of aromatic amines is 1. The van der Waals surface area contributed by atoms with Gasteiger partial charge in [-0.15, -0.1) is 0 Å². The van der Waals surface area contributed by atoms with Crippen LogP contribution >= 0.6 is 0 Å². The number of rotatable bonds is 6. The topological polar surface area (TPSA) is 66.6 Å². The smallest absolute Gasteiger partial charge is 0.234 e. The Balaban J connectivity index is 1.17. The molecular formula is C24H27N3O3. The van der Waals surface area contributed by atoms with Gasteiger partial charge >= 0.3 is 0 Å². The van der Waals surface area contributed by atoms with E-state index in [2.05, 4.69) is 39.5 Å². The standard InChI is InChI=1S/C24H27N3O3/c28-24(25-10-9-18-15-26-20-5-2-1-4-19(18)20)16-27-11-3-6-21(27)17-7-8-22-23(14-17)30-13-12-29-22/h1-2,4-5,7-8,14-15,21,26H,3,6,9-13,16H2,(H,25,28)/t21-/m0/s1. The van der Waals surface area contributed by atoms with Crippen LogP contribution in [0.2, 0.25) is 0 Å². The van der Waals surface area contributed by atoms with Crippen LogP contribution in [0, 0.1) is 0 Å². The number of likely N-dealkylation sites (tertiary alicyclic amines) is 1. The molecule has 2 aromatic carbocycles. The zero-order valence-corrected chi connectivity index (χ0v) is 17.0. The Kier molecular flexibility index (Phi) is 5.32. The summed E-state index contributed by atoms with van der Waals surface area (Å²) < 4.78 is 11.4. The number of para-hydroxylation sites is 1. The third-order valence-corrected chi connectivity index (χ3v) is 6.05. The Morgan fingerprint density at radius 3 is 2.93 bits per heavy atom. The first-order chi connectivity index (χ1) is 14.8. The number of benzene rings is 2. The molecule has 1 aromatic heterocycles. The molecule has 1 fully saturated rings. The second-order valence-corrected chi connectivity index (χ2v) is 7.99. The SMILES string of the molecule is O=C(CN1CCC[C@H]1c1ccc2c(c1)OCCO2)NCCc1c[nH]c2ccccc12. The summed E-state index contributed by atoms with van der Waals surface area (Å²) in [5.74, 6) is 1.71. The van der Waals surface area contributed by atoms with Crippen LogP contribution in [0.25, 0.3) is 10.9 Å². The Bertz CT molecular complexity index is 1050. The zero-order chi connectivity index (χ0) is 20.3. The van der Waals surface area contributed by atoms with Crippen LogP contribution in [0.4, 0.5) is 0 Å². The van der Waals surface area contributed by atoms with Crippen LogP contribution in [0.3, 0.4) is 0 Å². The molecule has 0 radical (unpaired) electrons. The molecular weight excluding hydrogens is 378 g/mol. The van der Waals surface area contributed by atoms with E-state index in [1.54, 1.807) is 0 Å². The molecule has 6 nitrogen and oxygen atoms in total. The van der Waals surface area contributed by atoms with Crippen LogP contribution in [-0.2, 0) is 11.2 Å². The summed E-state index contributed by atoms with van der Waals surface area (Å²) in [5.41, 5.74) is 3.57. The summed E-state index contributed by atoms with van der Waals surface area (Å²) >= 11 is 0. The number of aromatic nitrogens is 1. The highest BCUT2D eigenvalue weighted by molar-refractivity contribution is 5.83. The van der Waals surface area contributed by atoms with Gasteiger partial charge in [-0.1, -0.05) is 24.3 Å². The van der Waals surface area contributed by atoms with E-state index in [9.17, 15) is 4.79 Å². The summed E-state index contributed by atoms with van der Waals surface area (Å²) in [7, 11) is 0. The Hall–Kier alpha value is -2.99. The van der Waals surface area contributed by atoms with Crippen LogP contribution in [0.15, 0.2) is 48.7 Å². The summed E-state index contributed by atoms with van der Waals surface area (Å²) in [6, 6.07) is 14.7. The Morgan fingerprint density at radius 2 is 2.00 bits per heavy atom. The molecule has 0 unspecified atom stereocenters. The second-order valence-electron chi connectivity index (χ2n) is 7.99. The van der Waals surface area contributed by atoms with Crippen molar-refractivity contribution in [3.63, 3.8) is 0 Å². The van der Waals surface area contributed by atoms with Gasteiger partial charge in [0.1, 0.15) is 13.2 Å². The van der Waals surface area contributed by atoms with E-state index >= 15 is 0 Å². The summed E-state index contributed by atoms with van der Waals surface area (Å²) in [5, 5.41) is 4.32. The molecule has 6 heteroatoms. The molecule has 30 heavy (non-hydrogen) atoms. The quantitative estimate of drug-likeness (QED) is 0.659. The number of nitrogens with one attached hydrogen (secondary N) is 2. The first-order valence-corrected chi connectivity index (χ1v) is 10.7. The third kappa shape index (κ3) is 3.87. The first-order valence-electron chi connectivity index (χ1n) is 10.7. The van der Waals surface area contributed by atoms with Gasteiger partial charge in [0.25, 0.3) is 0 Å². The van der Waals surface area contributed by atoms with Gasteiger partial charge in [0.05, 0.1) is 6.54 Å².